The second-order valence-corrected chi connectivity index (χ2v) is 9.52. The van der Waals surface area contributed by atoms with Crippen LogP contribution in [0.2, 0.25) is 0 Å². The van der Waals surface area contributed by atoms with Crippen LogP contribution >= 0.6 is 11.3 Å². The first kappa shape index (κ1) is 26.0. The van der Waals surface area contributed by atoms with Gasteiger partial charge in [-0.2, -0.15) is 0 Å². The van der Waals surface area contributed by atoms with Gasteiger partial charge in [0, 0.05) is 5.56 Å². The number of aliphatic hydroxyl groups is 1. The van der Waals surface area contributed by atoms with Gasteiger partial charge < -0.3 is 28.8 Å². The summed E-state index contributed by atoms with van der Waals surface area (Å²) in [7, 11) is 4.18. The van der Waals surface area contributed by atoms with E-state index in [0.717, 1.165) is 16.2 Å². The van der Waals surface area contributed by atoms with Gasteiger partial charge in [0.2, 0.25) is 0 Å². The number of hydrogen-bond donors (Lipinski definition) is 1. The highest BCUT2D eigenvalue weighted by Gasteiger charge is 2.48. The number of anilines is 1. The molecule has 1 saturated heterocycles. The molecule has 12 heteroatoms. The monoisotopic (exact) mass is 552 g/mol. The molecule has 1 atom stereocenters. The van der Waals surface area contributed by atoms with Crippen molar-refractivity contribution >= 4 is 39.9 Å². The van der Waals surface area contributed by atoms with Gasteiger partial charge in [0.1, 0.15) is 23.9 Å². The van der Waals surface area contributed by atoms with Crippen molar-refractivity contribution < 1.29 is 43.2 Å². The number of esters is 1. The predicted molar refractivity (Wildman–Crippen MR) is 140 cm³/mol. The van der Waals surface area contributed by atoms with E-state index in [-0.39, 0.29) is 21.1 Å². The Kier molecular flexibility index (Phi) is 6.87. The minimum absolute atomic E-state index is 0.0935. The van der Waals surface area contributed by atoms with Crippen molar-refractivity contribution in [1.29, 1.82) is 0 Å². The van der Waals surface area contributed by atoms with Gasteiger partial charge in [-0.3, -0.25) is 14.5 Å². The highest BCUT2D eigenvalue weighted by atomic mass is 32.1. The molecule has 11 nitrogen and oxygen atoms in total. The number of Topliss-reactive ketones (excluding diaryl/α,β-unsaturated/α-hetero) is 1. The smallest absolute Gasteiger partial charge is 0.350 e. The lowest BCUT2D eigenvalue weighted by Crippen LogP contribution is -2.29. The molecule has 1 unspecified atom stereocenters. The van der Waals surface area contributed by atoms with Crippen molar-refractivity contribution in [2.24, 2.45) is 0 Å². The lowest BCUT2D eigenvalue weighted by molar-refractivity contribution is -0.132. The van der Waals surface area contributed by atoms with Crippen LogP contribution in [0.4, 0.5) is 5.13 Å². The summed E-state index contributed by atoms with van der Waals surface area (Å²) in [4.78, 5) is 45.0. The second-order valence-electron chi connectivity index (χ2n) is 8.54. The second kappa shape index (κ2) is 10.3. The average molecular weight is 553 g/mol. The summed E-state index contributed by atoms with van der Waals surface area (Å²) >= 11 is 0.910. The van der Waals surface area contributed by atoms with Crippen LogP contribution in [0.3, 0.4) is 0 Å². The lowest BCUT2D eigenvalue weighted by atomic mass is 9.95. The van der Waals surface area contributed by atoms with Crippen molar-refractivity contribution in [1.82, 2.24) is 4.98 Å². The normalized spacial score (nSPS) is 17.7. The molecule has 2 aliphatic rings. The first-order chi connectivity index (χ1) is 18.8. The molecule has 202 valence electrons. The topological polar surface area (TPSA) is 134 Å². The molecule has 5 rings (SSSR count). The van der Waals surface area contributed by atoms with Crippen LogP contribution in [-0.2, 0) is 14.3 Å². The SMILES string of the molecule is COC(=O)c1sc(N2C(=O)C(=O)C(=C(O)c3ccc4c(c3)OCCO4)C2c2ccc(OC)c(OC)c2)nc1C. The first-order valence-corrected chi connectivity index (χ1v) is 12.6. The predicted octanol–water partition coefficient (Wildman–Crippen LogP) is 3.65. The van der Waals surface area contributed by atoms with Gasteiger partial charge in [-0.15, -0.1) is 0 Å². The summed E-state index contributed by atoms with van der Waals surface area (Å²) in [6.07, 6.45) is 0. The molecular weight excluding hydrogens is 528 g/mol. The molecular formula is C27H24N2O9S. The first-order valence-electron chi connectivity index (χ1n) is 11.8. The third kappa shape index (κ3) is 4.42. The van der Waals surface area contributed by atoms with Crippen LogP contribution in [0.1, 0.15) is 32.5 Å². The Morgan fingerprint density at radius 3 is 2.44 bits per heavy atom. The number of carbonyl (C=O) groups is 3. The summed E-state index contributed by atoms with van der Waals surface area (Å²) < 4.78 is 26.8. The van der Waals surface area contributed by atoms with Crippen LogP contribution in [0.5, 0.6) is 23.0 Å². The number of aromatic nitrogens is 1. The Morgan fingerprint density at radius 2 is 1.74 bits per heavy atom. The van der Waals surface area contributed by atoms with Crippen LogP contribution < -0.4 is 23.8 Å². The Labute approximate surface area is 227 Å². The summed E-state index contributed by atoms with van der Waals surface area (Å²) in [5.41, 5.74) is 0.865. The van der Waals surface area contributed by atoms with Crippen LogP contribution in [0.15, 0.2) is 42.0 Å². The largest absolute Gasteiger partial charge is 0.507 e. The van der Waals surface area contributed by atoms with E-state index in [1.165, 1.54) is 21.3 Å². The van der Waals surface area contributed by atoms with E-state index in [1.807, 2.05) is 0 Å². The van der Waals surface area contributed by atoms with Gasteiger partial charge in [-0.05, 0) is 42.8 Å². The molecule has 1 aromatic heterocycles. The molecule has 0 aliphatic carbocycles. The highest BCUT2D eigenvalue weighted by molar-refractivity contribution is 7.17. The zero-order valence-electron chi connectivity index (χ0n) is 21.5. The molecule has 3 heterocycles. The quantitative estimate of drug-likeness (QED) is 0.209. The number of methoxy groups -OCH3 is 3. The van der Waals surface area contributed by atoms with Gasteiger partial charge in [0.25, 0.3) is 5.78 Å². The zero-order valence-corrected chi connectivity index (χ0v) is 22.3. The maximum Gasteiger partial charge on any atom is 0.350 e. The molecule has 0 radical (unpaired) electrons. The number of fused-ring (bicyclic) bond motifs is 1. The minimum Gasteiger partial charge on any atom is -0.507 e. The Hall–Kier alpha value is -4.58. The third-order valence-corrected chi connectivity index (χ3v) is 7.48. The van der Waals surface area contributed by atoms with Crippen LogP contribution in [0, 0.1) is 6.92 Å². The fourth-order valence-corrected chi connectivity index (χ4v) is 5.49. The van der Waals surface area contributed by atoms with Crippen molar-refractivity contribution in [3.63, 3.8) is 0 Å². The summed E-state index contributed by atoms with van der Waals surface area (Å²) in [5.74, 6) is -1.17. The molecule has 1 N–H and O–H groups in total. The van der Waals surface area contributed by atoms with E-state index in [9.17, 15) is 19.5 Å². The molecule has 0 bridgehead atoms. The average Bonchev–Trinajstić information content (AvgIpc) is 3.47. The fourth-order valence-electron chi connectivity index (χ4n) is 4.48. The molecule has 2 aliphatic heterocycles. The number of nitrogens with zero attached hydrogens (tertiary/aromatic N) is 2. The zero-order chi connectivity index (χ0) is 27.8. The molecule has 0 saturated carbocycles. The number of ketones is 1. The summed E-state index contributed by atoms with van der Waals surface area (Å²) in [6, 6.07) is 8.54. The Bertz CT molecular complexity index is 1530. The van der Waals surface area contributed by atoms with Gasteiger partial charge >= 0.3 is 11.9 Å². The number of amides is 1. The number of aryl methyl sites for hydroxylation is 1. The van der Waals surface area contributed by atoms with Gasteiger partial charge in [0.05, 0.1) is 38.6 Å². The number of benzene rings is 2. The van der Waals surface area contributed by atoms with Crippen molar-refractivity contribution in [3.8, 4) is 23.0 Å². The molecule has 1 fully saturated rings. The van der Waals surface area contributed by atoms with E-state index in [1.54, 1.807) is 43.3 Å². The highest BCUT2D eigenvalue weighted by Crippen LogP contribution is 2.46. The number of aliphatic hydroxyl groups excluding tert-OH is 1. The van der Waals surface area contributed by atoms with Crippen molar-refractivity contribution in [3.05, 3.63) is 63.7 Å². The third-order valence-electron chi connectivity index (χ3n) is 6.35. The van der Waals surface area contributed by atoms with Crippen molar-refractivity contribution in [2.75, 3.05) is 39.4 Å². The maximum absolute atomic E-state index is 13.5. The van der Waals surface area contributed by atoms with E-state index in [0.29, 0.717) is 47.5 Å². The van der Waals surface area contributed by atoms with Gasteiger partial charge in [-0.1, -0.05) is 17.4 Å². The van der Waals surface area contributed by atoms with Crippen LogP contribution in [-0.4, -0.2) is 62.3 Å². The van der Waals surface area contributed by atoms with Gasteiger partial charge in [0.15, 0.2) is 28.1 Å². The molecule has 3 aromatic rings. The molecule has 0 spiro atoms. The lowest BCUT2D eigenvalue weighted by Gasteiger charge is -2.24. The Morgan fingerprint density at radius 1 is 1.03 bits per heavy atom. The standard InChI is InChI=1S/C27H24N2O9S/c1-13-24(26(33)36-4)39-27(28-13)29-21(14-5-7-16(34-2)18(11-14)35-3)20(23(31)25(29)32)22(30)15-6-8-17-19(12-15)38-10-9-37-17/h5-8,11-12,21,30H,9-10H2,1-4H3. The van der Waals surface area contributed by atoms with Crippen molar-refractivity contribution in [2.45, 2.75) is 13.0 Å². The molecule has 39 heavy (non-hydrogen) atoms. The van der Waals surface area contributed by atoms with E-state index in [2.05, 4.69) is 4.98 Å². The van der Waals surface area contributed by atoms with E-state index in [4.69, 9.17) is 23.7 Å². The molecule has 2 aromatic carbocycles. The number of rotatable bonds is 6. The minimum atomic E-state index is -1.10. The maximum atomic E-state index is 13.5. The number of hydrogen-bond acceptors (Lipinski definition) is 11. The Balaban J connectivity index is 1.71. The summed E-state index contributed by atoms with van der Waals surface area (Å²) in [5, 5.41) is 11.5. The summed E-state index contributed by atoms with van der Waals surface area (Å²) in [6.45, 7) is 2.33. The number of ether oxygens (including phenoxy) is 5. The van der Waals surface area contributed by atoms with Crippen LogP contribution in [0.25, 0.3) is 5.76 Å². The van der Waals surface area contributed by atoms with E-state index >= 15 is 0 Å². The fraction of sp³-hybridized carbons (Fsp3) is 0.259. The number of carbonyl (C=O) groups excluding carboxylic acids is 3. The van der Waals surface area contributed by atoms with Gasteiger partial charge in [-0.25, -0.2) is 9.78 Å². The number of thiazole rings is 1. The van der Waals surface area contributed by atoms with E-state index < -0.39 is 29.5 Å². The molecule has 1 amide bonds.